The van der Waals surface area contributed by atoms with Crippen molar-refractivity contribution in [1.29, 1.82) is 0 Å². The quantitative estimate of drug-likeness (QED) is 0.804. The molecule has 0 aliphatic carbocycles. The minimum Gasteiger partial charge on any atom is -0.444 e. The van der Waals surface area contributed by atoms with E-state index in [0.29, 0.717) is 0 Å². The van der Waals surface area contributed by atoms with E-state index in [0.717, 1.165) is 42.2 Å². The Balaban J connectivity index is 1.98. The molecule has 0 N–H and O–H groups in total. The second-order valence-corrected chi connectivity index (χ2v) is 7.70. The van der Waals surface area contributed by atoms with Crippen molar-refractivity contribution in [2.45, 2.75) is 59.1 Å². The number of hydrogen-bond donors (Lipinski definition) is 0. The summed E-state index contributed by atoms with van der Waals surface area (Å²) in [6.45, 7) is 10.6. The van der Waals surface area contributed by atoms with Gasteiger partial charge in [0.1, 0.15) is 11.4 Å². The second kappa shape index (κ2) is 6.54. The van der Waals surface area contributed by atoms with Gasteiger partial charge in [0.15, 0.2) is 0 Å². The van der Waals surface area contributed by atoms with E-state index in [4.69, 9.17) is 4.74 Å². The Bertz CT molecular complexity index is 754. The van der Waals surface area contributed by atoms with Gasteiger partial charge in [0.25, 0.3) is 0 Å². The van der Waals surface area contributed by atoms with Crippen LogP contribution >= 0.6 is 0 Å². The van der Waals surface area contributed by atoms with Crippen LogP contribution in [0, 0.1) is 13.8 Å². The van der Waals surface area contributed by atoms with Gasteiger partial charge in [-0.15, -0.1) is 0 Å². The monoisotopic (exact) mass is 341 g/mol. The van der Waals surface area contributed by atoms with Crippen LogP contribution in [0.1, 0.15) is 56.6 Å². The smallest absolute Gasteiger partial charge is 0.410 e. The van der Waals surface area contributed by atoms with Gasteiger partial charge >= 0.3 is 6.09 Å². The summed E-state index contributed by atoms with van der Waals surface area (Å²) in [5.74, 6) is 0.906. The summed E-state index contributed by atoms with van der Waals surface area (Å²) in [6, 6.07) is 8.20. The molecular formula is C20H27N3O2. The highest BCUT2D eigenvalue weighted by Crippen LogP contribution is 2.36. The van der Waals surface area contributed by atoms with Gasteiger partial charge in [-0.25, -0.2) is 9.78 Å². The SMILES string of the molecule is Cc1ccc(C)n1-c1ncccc1C1CCCN1C(=O)OC(C)(C)C. The fourth-order valence-electron chi connectivity index (χ4n) is 3.49. The molecule has 25 heavy (non-hydrogen) atoms. The summed E-state index contributed by atoms with van der Waals surface area (Å²) in [5, 5.41) is 0. The third-order valence-corrected chi connectivity index (χ3v) is 4.54. The number of likely N-dealkylation sites (tertiary alicyclic amines) is 1. The van der Waals surface area contributed by atoms with Gasteiger partial charge in [-0.05, 0) is 65.7 Å². The number of aromatic nitrogens is 2. The third-order valence-electron chi connectivity index (χ3n) is 4.54. The van der Waals surface area contributed by atoms with E-state index < -0.39 is 5.60 Å². The number of ether oxygens (including phenoxy) is 1. The molecule has 2 aromatic heterocycles. The highest BCUT2D eigenvalue weighted by molar-refractivity contribution is 5.69. The van der Waals surface area contributed by atoms with Crippen LogP contribution in [-0.2, 0) is 4.74 Å². The molecule has 1 aliphatic rings. The normalized spacial score (nSPS) is 17.8. The van der Waals surface area contributed by atoms with Gasteiger partial charge in [0.2, 0.25) is 0 Å². The van der Waals surface area contributed by atoms with Gasteiger partial charge in [0, 0.05) is 29.7 Å². The first-order chi connectivity index (χ1) is 11.8. The van der Waals surface area contributed by atoms with Crippen LogP contribution in [0.25, 0.3) is 5.82 Å². The van der Waals surface area contributed by atoms with Crippen molar-refractivity contribution in [3.8, 4) is 5.82 Å². The van der Waals surface area contributed by atoms with Crippen molar-refractivity contribution in [3.63, 3.8) is 0 Å². The average Bonchev–Trinajstić information content (AvgIpc) is 3.13. The number of amides is 1. The van der Waals surface area contributed by atoms with Crippen LogP contribution in [0.4, 0.5) is 4.79 Å². The summed E-state index contributed by atoms with van der Waals surface area (Å²) in [6.07, 6.45) is 3.47. The van der Waals surface area contributed by atoms with Crippen molar-refractivity contribution in [2.24, 2.45) is 0 Å². The van der Waals surface area contributed by atoms with E-state index >= 15 is 0 Å². The lowest BCUT2D eigenvalue weighted by Gasteiger charge is -2.29. The molecule has 5 nitrogen and oxygen atoms in total. The van der Waals surface area contributed by atoms with Crippen LogP contribution in [0.3, 0.4) is 0 Å². The van der Waals surface area contributed by atoms with Crippen molar-refractivity contribution >= 4 is 6.09 Å². The molecular weight excluding hydrogens is 314 g/mol. The van der Waals surface area contributed by atoms with Crippen molar-refractivity contribution < 1.29 is 9.53 Å². The molecule has 0 bridgehead atoms. The largest absolute Gasteiger partial charge is 0.444 e. The maximum Gasteiger partial charge on any atom is 0.410 e. The maximum absolute atomic E-state index is 12.7. The molecule has 0 aromatic carbocycles. The maximum atomic E-state index is 12.7. The first-order valence-electron chi connectivity index (χ1n) is 8.88. The molecule has 2 aromatic rings. The predicted molar refractivity (Wildman–Crippen MR) is 98.0 cm³/mol. The van der Waals surface area contributed by atoms with E-state index in [1.807, 2.05) is 37.9 Å². The number of rotatable bonds is 2. The first kappa shape index (κ1) is 17.5. The van der Waals surface area contributed by atoms with E-state index in [2.05, 4.69) is 41.6 Å². The molecule has 1 unspecified atom stereocenters. The molecule has 0 spiro atoms. The molecule has 1 fully saturated rings. The molecule has 3 heterocycles. The molecule has 1 atom stereocenters. The Kier molecular flexibility index (Phi) is 4.58. The first-order valence-corrected chi connectivity index (χ1v) is 8.88. The van der Waals surface area contributed by atoms with Crippen LogP contribution in [0.5, 0.6) is 0 Å². The summed E-state index contributed by atoms with van der Waals surface area (Å²) < 4.78 is 7.76. The van der Waals surface area contributed by atoms with Crippen LogP contribution in [0.15, 0.2) is 30.5 Å². The molecule has 3 rings (SSSR count). The van der Waals surface area contributed by atoms with Gasteiger partial charge < -0.3 is 14.2 Å². The Hall–Kier alpha value is -2.30. The molecule has 1 saturated heterocycles. The number of pyridine rings is 1. The van der Waals surface area contributed by atoms with Gasteiger partial charge in [-0.3, -0.25) is 0 Å². The third kappa shape index (κ3) is 3.55. The molecule has 0 saturated carbocycles. The molecule has 5 heteroatoms. The van der Waals surface area contributed by atoms with Crippen LogP contribution < -0.4 is 0 Å². The van der Waals surface area contributed by atoms with Gasteiger partial charge in [-0.2, -0.15) is 0 Å². The molecule has 1 aliphatic heterocycles. The lowest BCUT2D eigenvalue weighted by Crippen LogP contribution is -2.36. The summed E-state index contributed by atoms with van der Waals surface area (Å²) in [7, 11) is 0. The fourth-order valence-corrected chi connectivity index (χ4v) is 3.49. The number of hydrogen-bond acceptors (Lipinski definition) is 3. The highest BCUT2D eigenvalue weighted by atomic mass is 16.6. The van der Waals surface area contributed by atoms with Crippen LogP contribution in [-0.4, -0.2) is 32.7 Å². The average molecular weight is 341 g/mol. The molecule has 134 valence electrons. The Labute approximate surface area is 149 Å². The van der Waals surface area contributed by atoms with Crippen molar-refractivity contribution in [3.05, 3.63) is 47.4 Å². The zero-order valence-corrected chi connectivity index (χ0v) is 15.7. The number of nitrogens with zero attached hydrogens (tertiary/aromatic N) is 3. The van der Waals surface area contributed by atoms with E-state index in [-0.39, 0.29) is 12.1 Å². The Morgan fingerprint density at radius 3 is 2.52 bits per heavy atom. The van der Waals surface area contributed by atoms with E-state index in [1.54, 1.807) is 0 Å². The number of carbonyl (C=O) groups excluding carboxylic acids is 1. The second-order valence-electron chi connectivity index (χ2n) is 7.70. The zero-order chi connectivity index (χ0) is 18.2. The highest BCUT2D eigenvalue weighted by Gasteiger charge is 2.35. The standard InChI is InChI=1S/C20H27N3O2/c1-14-10-11-15(2)23(14)18-16(8-6-12-21-18)17-9-7-13-22(17)19(24)25-20(3,4)5/h6,8,10-12,17H,7,9,13H2,1-5H3. The summed E-state index contributed by atoms with van der Waals surface area (Å²) >= 11 is 0. The van der Waals surface area contributed by atoms with Gasteiger partial charge in [-0.1, -0.05) is 6.07 Å². The van der Waals surface area contributed by atoms with Gasteiger partial charge in [0.05, 0.1) is 6.04 Å². The van der Waals surface area contributed by atoms with Crippen molar-refractivity contribution in [1.82, 2.24) is 14.5 Å². The minimum atomic E-state index is -0.490. The Morgan fingerprint density at radius 2 is 1.88 bits per heavy atom. The van der Waals surface area contributed by atoms with Crippen LogP contribution in [0.2, 0.25) is 0 Å². The lowest BCUT2D eigenvalue weighted by atomic mass is 10.1. The topological polar surface area (TPSA) is 47.4 Å². The number of carbonyl (C=O) groups is 1. The van der Waals surface area contributed by atoms with E-state index in [1.165, 1.54) is 0 Å². The predicted octanol–water partition coefficient (Wildman–Crippen LogP) is 4.56. The zero-order valence-electron chi connectivity index (χ0n) is 15.7. The number of aryl methyl sites for hydroxylation is 2. The summed E-state index contributed by atoms with van der Waals surface area (Å²) in [4.78, 5) is 19.1. The molecule has 0 radical (unpaired) electrons. The Morgan fingerprint density at radius 1 is 1.20 bits per heavy atom. The van der Waals surface area contributed by atoms with E-state index in [9.17, 15) is 4.79 Å². The fraction of sp³-hybridized carbons (Fsp3) is 0.500. The lowest BCUT2D eigenvalue weighted by molar-refractivity contribution is 0.0224. The summed E-state index contributed by atoms with van der Waals surface area (Å²) in [5.41, 5.74) is 2.86. The van der Waals surface area contributed by atoms with Crippen molar-refractivity contribution in [2.75, 3.05) is 6.54 Å². The minimum absolute atomic E-state index is 0.000231. The molecule has 1 amide bonds.